The Morgan fingerprint density at radius 1 is 1.42 bits per heavy atom. The zero-order valence-corrected chi connectivity index (χ0v) is 11.3. The number of hydrogen-bond acceptors (Lipinski definition) is 2. The van der Waals surface area contributed by atoms with Crippen LogP contribution in [0.1, 0.15) is 24.4 Å². The van der Waals surface area contributed by atoms with Crippen molar-refractivity contribution in [3.05, 3.63) is 41.6 Å². The van der Waals surface area contributed by atoms with Crippen molar-refractivity contribution in [3.63, 3.8) is 0 Å². The van der Waals surface area contributed by atoms with Gasteiger partial charge in [0.1, 0.15) is 11.6 Å². The quantitative estimate of drug-likeness (QED) is 0.886. The number of hydrogen-bond donors (Lipinski definition) is 2. The van der Waals surface area contributed by atoms with E-state index in [1.807, 2.05) is 20.0 Å². The second-order valence-electron chi connectivity index (χ2n) is 5.38. The molecule has 1 aromatic heterocycles. The highest BCUT2D eigenvalue weighted by molar-refractivity contribution is 5.62. The molecule has 0 unspecified atom stereocenters. The predicted molar refractivity (Wildman–Crippen MR) is 73.6 cm³/mol. The number of imidazole rings is 1. The number of aromatic nitrogens is 2. The molecule has 0 saturated heterocycles. The maximum atomic E-state index is 13.3. The summed E-state index contributed by atoms with van der Waals surface area (Å²) in [5, 5.41) is 3.23. The number of aryl methyl sites for hydroxylation is 1. The first kappa shape index (κ1) is 12.4. The molecule has 3 nitrogen and oxygen atoms in total. The molecule has 0 spiro atoms. The van der Waals surface area contributed by atoms with E-state index in [1.165, 1.54) is 12.1 Å². The Bertz CT molecular complexity index is 599. The SMILES string of the molecule is CNCC1(c2nc(-c3cccc(F)c3)c(C)[nH]2)CC1. The maximum Gasteiger partial charge on any atom is 0.123 e. The maximum absolute atomic E-state index is 13.3. The molecule has 1 aliphatic carbocycles. The normalized spacial score (nSPS) is 16.6. The summed E-state index contributed by atoms with van der Waals surface area (Å²) in [6, 6.07) is 6.60. The molecule has 1 fully saturated rings. The van der Waals surface area contributed by atoms with Crippen molar-refractivity contribution in [2.75, 3.05) is 13.6 Å². The molecule has 1 aliphatic rings. The van der Waals surface area contributed by atoms with Crippen LogP contribution in [-0.2, 0) is 5.41 Å². The van der Waals surface area contributed by atoms with Crippen molar-refractivity contribution < 1.29 is 4.39 Å². The molecule has 1 heterocycles. The summed E-state index contributed by atoms with van der Waals surface area (Å²) in [5.74, 6) is 0.802. The van der Waals surface area contributed by atoms with Crippen LogP contribution in [0.4, 0.5) is 4.39 Å². The zero-order chi connectivity index (χ0) is 13.5. The fourth-order valence-corrected chi connectivity index (χ4v) is 2.61. The smallest absolute Gasteiger partial charge is 0.123 e. The lowest BCUT2D eigenvalue weighted by molar-refractivity contribution is 0.593. The van der Waals surface area contributed by atoms with Crippen molar-refractivity contribution >= 4 is 0 Å². The van der Waals surface area contributed by atoms with Crippen LogP contribution in [-0.4, -0.2) is 23.6 Å². The molecule has 0 atom stereocenters. The number of halogens is 1. The van der Waals surface area contributed by atoms with Crippen LogP contribution in [0.3, 0.4) is 0 Å². The molecule has 19 heavy (non-hydrogen) atoms. The molecule has 0 radical (unpaired) electrons. The van der Waals surface area contributed by atoms with Crippen LogP contribution in [0.25, 0.3) is 11.3 Å². The van der Waals surface area contributed by atoms with Crippen molar-refractivity contribution in [2.24, 2.45) is 0 Å². The van der Waals surface area contributed by atoms with Gasteiger partial charge >= 0.3 is 0 Å². The highest BCUT2D eigenvalue weighted by Gasteiger charge is 2.46. The molecule has 100 valence electrons. The van der Waals surface area contributed by atoms with Crippen LogP contribution >= 0.6 is 0 Å². The molecule has 2 N–H and O–H groups in total. The van der Waals surface area contributed by atoms with Crippen molar-refractivity contribution in [1.29, 1.82) is 0 Å². The Hall–Kier alpha value is -1.68. The van der Waals surface area contributed by atoms with Gasteiger partial charge < -0.3 is 10.3 Å². The monoisotopic (exact) mass is 259 g/mol. The second kappa shape index (κ2) is 4.46. The fourth-order valence-electron chi connectivity index (χ4n) is 2.61. The Kier molecular flexibility index (Phi) is 2.90. The Labute approximate surface area is 112 Å². The fraction of sp³-hybridized carbons (Fsp3) is 0.400. The molecular weight excluding hydrogens is 241 g/mol. The number of nitrogens with one attached hydrogen (secondary N) is 2. The van der Waals surface area contributed by atoms with Crippen LogP contribution in [0.2, 0.25) is 0 Å². The van der Waals surface area contributed by atoms with Crippen molar-refractivity contribution in [3.8, 4) is 11.3 Å². The van der Waals surface area contributed by atoms with Gasteiger partial charge in [0, 0.05) is 23.2 Å². The molecule has 1 saturated carbocycles. The lowest BCUT2D eigenvalue weighted by atomic mass is 10.1. The van der Waals surface area contributed by atoms with Gasteiger partial charge in [0.2, 0.25) is 0 Å². The topological polar surface area (TPSA) is 40.7 Å². The summed E-state index contributed by atoms with van der Waals surface area (Å²) in [6.07, 6.45) is 2.31. The minimum atomic E-state index is -0.224. The molecule has 0 amide bonds. The lowest BCUT2D eigenvalue weighted by Gasteiger charge is -2.10. The van der Waals surface area contributed by atoms with E-state index in [0.29, 0.717) is 0 Å². The molecule has 0 bridgehead atoms. The highest BCUT2D eigenvalue weighted by atomic mass is 19.1. The van der Waals surface area contributed by atoms with Gasteiger partial charge in [-0.3, -0.25) is 0 Å². The minimum Gasteiger partial charge on any atom is -0.345 e. The molecule has 4 heteroatoms. The van der Waals surface area contributed by atoms with Gasteiger partial charge in [-0.2, -0.15) is 0 Å². The van der Waals surface area contributed by atoms with E-state index in [2.05, 4.69) is 10.3 Å². The number of benzene rings is 1. The van der Waals surface area contributed by atoms with Crippen LogP contribution in [0, 0.1) is 12.7 Å². The average molecular weight is 259 g/mol. The second-order valence-corrected chi connectivity index (χ2v) is 5.38. The van der Waals surface area contributed by atoms with Gasteiger partial charge in [-0.15, -0.1) is 0 Å². The third-order valence-electron chi connectivity index (χ3n) is 3.85. The molecule has 0 aliphatic heterocycles. The van der Waals surface area contributed by atoms with Gasteiger partial charge in [0.25, 0.3) is 0 Å². The first-order valence-corrected chi connectivity index (χ1v) is 6.62. The third-order valence-corrected chi connectivity index (χ3v) is 3.85. The largest absolute Gasteiger partial charge is 0.345 e. The van der Waals surface area contributed by atoms with Gasteiger partial charge in [0.15, 0.2) is 0 Å². The predicted octanol–water partition coefficient (Wildman–Crippen LogP) is 2.78. The van der Waals surface area contributed by atoms with Gasteiger partial charge in [-0.1, -0.05) is 12.1 Å². The van der Waals surface area contributed by atoms with E-state index in [1.54, 1.807) is 6.07 Å². The Balaban J connectivity index is 1.98. The van der Waals surface area contributed by atoms with Crippen LogP contribution in [0.5, 0.6) is 0 Å². The number of nitrogens with zero attached hydrogens (tertiary/aromatic N) is 1. The van der Waals surface area contributed by atoms with E-state index in [9.17, 15) is 4.39 Å². The number of H-pyrrole nitrogens is 1. The summed E-state index contributed by atoms with van der Waals surface area (Å²) in [4.78, 5) is 8.09. The lowest BCUT2D eigenvalue weighted by Crippen LogP contribution is -2.24. The summed E-state index contributed by atoms with van der Waals surface area (Å²) in [7, 11) is 1.96. The van der Waals surface area contributed by atoms with Crippen molar-refractivity contribution in [1.82, 2.24) is 15.3 Å². The first-order chi connectivity index (χ1) is 9.14. The third kappa shape index (κ3) is 2.16. The molecule has 3 rings (SSSR count). The summed E-state index contributed by atoms with van der Waals surface area (Å²) < 4.78 is 13.3. The van der Waals surface area contributed by atoms with E-state index in [-0.39, 0.29) is 11.2 Å². The van der Waals surface area contributed by atoms with E-state index >= 15 is 0 Å². The van der Waals surface area contributed by atoms with Gasteiger partial charge in [0.05, 0.1) is 5.69 Å². The molecule has 2 aromatic rings. The zero-order valence-electron chi connectivity index (χ0n) is 11.3. The Morgan fingerprint density at radius 3 is 2.84 bits per heavy atom. The van der Waals surface area contributed by atoms with Gasteiger partial charge in [-0.25, -0.2) is 9.37 Å². The summed E-state index contributed by atoms with van der Waals surface area (Å²) in [6.45, 7) is 2.93. The summed E-state index contributed by atoms with van der Waals surface area (Å²) >= 11 is 0. The van der Waals surface area contributed by atoms with E-state index in [4.69, 9.17) is 4.98 Å². The molecular formula is C15H18FN3. The van der Waals surface area contributed by atoms with Crippen molar-refractivity contribution in [2.45, 2.75) is 25.2 Å². The van der Waals surface area contributed by atoms with E-state index in [0.717, 1.165) is 42.2 Å². The van der Waals surface area contributed by atoms with E-state index < -0.39 is 0 Å². The molecule has 1 aromatic carbocycles. The number of likely N-dealkylation sites (N-methyl/N-ethyl adjacent to an activating group) is 1. The average Bonchev–Trinajstić information content (AvgIpc) is 3.05. The van der Waals surface area contributed by atoms with Crippen LogP contribution in [0.15, 0.2) is 24.3 Å². The number of aromatic amines is 1. The number of rotatable bonds is 4. The van der Waals surface area contributed by atoms with Gasteiger partial charge in [-0.05, 0) is 38.9 Å². The Morgan fingerprint density at radius 2 is 2.21 bits per heavy atom. The highest BCUT2D eigenvalue weighted by Crippen LogP contribution is 2.47. The van der Waals surface area contributed by atoms with Crippen LogP contribution < -0.4 is 5.32 Å². The minimum absolute atomic E-state index is 0.158. The summed E-state index contributed by atoms with van der Waals surface area (Å²) in [5.41, 5.74) is 2.85. The first-order valence-electron chi connectivity index (χ1n) is 6.62. The standard InChI is InChI=1S/C15H18FN3/c1-10-13(11-4-3-5-12(16)8-11)19-14(18-10)15(6-7-15)9-17-2/h3-5,8,17H,6-7,9H2,1-2H3,(H,18,19).